The number of ether oxygens (including phenoxy) is 4. The van der Waals surface area contributed by atoms with Crippen LogP contribution in [0.3, 0.4) is 0 Å². The molecule has 2 aliphatic heterocycles. The van der Waals surface area contributed by atoms with Gasteiger partial charge in [0.1, 0.15) is 0 Å². The van der Waals surface area contributed by atoms with Crippen molar-refractivity contribution >= 4 is 33.3 Å². The van der Waals surface area contributed by atoms with E-state index < -0.39 is 33.3 Å². The second-order valence-electron chi connectivity index (χ2n) is 18.6. The minimum atomic E-state index is -1.70. The molecule has 5 rings (SSSR count). The summed E-state index contributed by atoms with van der Waals surface area (Å²) in [6.45, 7) is 23.0. The maximum Gasteiger partial charge on any atom is 0.175 e. The van der Waals surface area contributed by atoms with Crippen LogP contribution in [0.15, 0.2) is 0 Å². The van der Waals surface area contributed by atoms with Crippen LogP contribution in [-0.2, 0) is 27.2 Å². The summed E-state index contributed by atoms with van der Waals surface area (Å²) in [5.41, 5.74) is 0. The van der Waals surface area contributed by atoms with Crippen LogP contribution in [0.25, 0.3) is 0 Å². The maximum absolute atomic E-state index is 6.93. The lowest BCUT2D eigenvalue weighted by atomic mass is 9.83. The first kappa shape index (κ1) is 37.9. The number of rotatable bonds is 20. The van der Waals surface area contributed by atoms with Gasteiger partial charge in [0.2, 0.25) is 0 Å². The Bertz CT molecular complexity index is 865. The Morgan fingerprint density at radius 3 is 1.15 bits per heavy atom. The molecule has 0 aromatic rings. The number of epoxide rings is 2. The van der Waals surface area contributed by atoms with Crippen molar-refractivity contribution in [2.45, 2.75) is 178 Å². The molecule has 0 spiro atoms. The van der Waals surface area contributed by atoms with E-state index in [9.17, 15) is 0 Å². The van der Waals surface area contributed by atoms with Gasteiger partial charge in [0.25, 0.3) is 0 Å². The molecule has 5 fully saturated rings. The fraction of sp³-hybridized carbons (Fsp3) is 1.00. The summed E-state index contributed by atoms with van der Waals surface area (Å²) in [6, 6.07) is 4.83. The van der Waals surface area contributed by atoms with Gasteiger partial charge in [-0.05, 0) is 164 Å². The van der Waals surface area contributed by atoms with Crippen LogP contribution in [0, 0.1) is 23.7 Å². The third kappa shape index (κ3) is 13.1. The molecule has 2 heterocycles. The first-order chi connectivity index (χ1) is 21.7. The summed E-state index contributed by atoms with van der Waals surface area (Å²) in [4.78, 5) is 0. The topological polar surface area (TPSA) is 62.0 Å². The van der Waals surface area contributed by atoms with Crippen LogP contribution in [-0.4, -0.2) is 84.1 Å². The third-order valence-corrected chi connectivity index (χ3v) is 26.7. The molecule has 0 amide bonds. The largest absolute Gasteiger partial charge is 0.455 e. The summed E-state index contributed by atoms with van der Waals surface area (Å²) in [5.74, 6) is 3.17. The van der Waals surface area contributed by atoms with Gasteiger partial charge < -0.3 is 27.2 Å². The zero-order chi connectivity index (χ0) is 33.0. The number of hydrogen-bond donors (Lipinski definition) is 0. The molecule has 6 nitrogen and oxygen atoms in total. The zero-order valence-corrected chi connectivity index (χ0v) is 35.2. The van der Waals surface area contributed by atoms with E-state index >= 15 is 0 Å². The normalized spacial score (nSPS) is 33.4. The highest BCUT2D eigenvalue weighted by molar-refractivity contribution is 6.85. The van der Waals surface area contributed by atoms with E-state index in [2.05, 4.69) is 52.4 Å². The Kier molecular flexibility index (Phi) is 13.4. The van der Waals surface area contributed by atoms with Crippen molar-refractivity contribution in [2.24, 2.45) is 23.7 Å². The summed E-state index contributed by atoms with van der Waals surface area (Å²) >= 11 is 0. The summed E-state index contributed by atoms with van der Waals surface area (Å²) < 4.78 is 37.9. The van der Waals surface area contributed by atoms with Gasteiger partial charge in [0.05, 0.1) is 24.4 Å². The standard InChI is InChI=1S/C36H72O6Si4/c1-43(2,21-17-29-13-15-33-35(25-29)39-33)41-45(5,6)23-19-37-27-31-9-11-32(12-10-31)28-38-20-24-46(7,8)42-44(3,4)22-18-30-14-16-34-36(26-30)40-34/h29-36H,9-28H2,1-8H3. The van der Waals surface area contributed by atoms with Gasteiger partial charge in [-0.15, -0.1) is 0 Å². The minimum Gasteiger partial charge on any atom is -0.455 e. The van der Waals surface area contributed by atoms with Crippen LogP contribution >= 0.6 is 0 Å². The molecule has 10 heteroatoms. The molecule has 6 unspecified atom stereocenters. The van der Waals surface area contributed by atoms with Crippen molar-refractivity contribution < 1.29 is 27.2 Å². The summed E-state index contributed by atoms with van der Waals surface area (Å²) in [7, 11) is -6.66. The van der Waals surface area contributed by atoms with Crippen LogP contribution in [0.1, 0.15) is 77.0 Å². The van der Waals surface area contributed by atoms with Crippen molar-refractivity contribution in [3.8, 4) is 0 Å². The van der Waals surface area contributed by atoms with E-state index in [-0.39, 0.29) is 0 Å². The van der Waals surface area contributed by atoms with Crippen molar-refractivity contribution in [3.05, 3.63) is 0 Å². The number of fused-ring (bicyclic) bond motifs is 2. The second kappa shape index (κ2) is 16.3. The van der Waals surface area contributed by atoms with E-state index in [4.69, 9.17) is 27.2 Å². The molecule has 268 valence electrons. The Morgan fingerprint density at radius 1 is 0.435 bits per heavy atom. The van der Waals surface area contributed by atoms with Crippen LogP contribution in [0.5, 0.6) is 0 Å². The molecule has 0 aromatic carbocycles. The molecule has 0 aromatic heterocycles. The molecule has 6 atom stereocenters. The highest BCUT2D eigenvalue weighted by atomic mass is 28.4. The molecule has 0 radical (unpaired) electrons. The fourth-order valence-electron chi connectivity index (χ4n) is 9.00. The Hall–Kier alpha value is 0.628. The predicted octanol–water partition coefficient (Wildman–Crippen LogP) is 9.59. The SMILES string of the molecule is C[Si](C)(CCOCC1CCC(COCC[Si](C)(C)O[Si](C)(C)CCC2CCC3OC3C2)CC1)O[Si](C)(C)CCC1CCC2OC2C1. The molecule has 46 heavy (non-hydrogen) atoms. The predicted molar refractivity (Wildman–Crippen MR) is 200 cm³/mol. The van der Waals surface area contributed by atoms with Gasteiger partial charge in [-0.25, -0.2) is 0 Å². The van der Waals surface area contributed by atoms with Crippen molar-refractivity contribution in [1.82, 2.24) is 0 Å². The lowest BCUT2D eigenvalue weighted by Gasteiger charge is -2.35. The quantitative estimate of drug-likeness (QED) is 0.0712. The van der Waals surface area contributed by atoms with Crippen LogP contribution in [0.2, 0.25) is 76.6 Å². The summed E-state index contributed by atoms with van der Waals surface area (Å²) in [5, 5.41) is 0. The van der Waals surface area contributed by atoms with Crippen molar-refractivity contribution in [2.75, 3.05) is 26.4 Å². The smallest absolute Gasteiger partial charge is 0.175 e. The van der Waals surface area contributed by atoms with Gasteiger partial charge in [-0.1, -0.05) is 12.8 Å². The molecule has 0 N–H and O–H groups in total. The Labute approximate surface area is 287 Å². The third-order valence-electron chi connectivity index (χ3n) is 12.0. The second-order valence-corrected chi connectivity index (χ2v) is 36.4. The van der Waals surface area contributed by atoms with Gasteiger partial charge >= 0.3 is 0 Å². The molecule has 0 bridgehead atoms. The van der Waals surface area contributed by atoms with E-state index in [0.717, 1.165) is 62.2 Å². The van der Waals surface area contributed by atoms with Crippen molar-refractivity contribution in [3.63, 3.8) is 0 Å². The first-order valence-corrected chi connectivity index (χ1v) is 32.0. The Morgan fingerprint density at radius 2 is 0.783 bits per heavy atom. The monoisotopic (exact) mass is 712 g/mol. The fourth-order valence-corrected chi connectivity index (χ4v) is 26.1. The van der Waals surface area contributed by atoms with Crippen LogP contribution in [0.4, 0.5) is 0 Å². The molecule has 3 saturated carbocycles. The summed E-state index contributed by atoms with van der Waals surface area (Å²) in [6.07, 6.45) is 18.2. The number of hydrogen-bond acceptors (Lipinski definition) is 6. The van der Waals surface area contributed by atoms with E-state index in [1.54, 1.807) is 0 Å². The maximum atomic E-state index is 6.93. The molecular formula is C36H72O6Si4. The first-order valence-electron chi connectivity index (χ1n) is 19.5. The lowest BCUT2D eigenvalue weighted by molar-refractivity contribution is 0.0561. The highest BCUT2D eigenvalue weighted by Gasteiger charge is 2.45. The molecule has 5 aliphatic rings. The average Bonchev–Trinajstić information content (AvgIpc) is 3.90. The van der Waals surface area contributed by atoms with Crippen molar-refractivity contribution in [1.29, 1.82) is 0 Å². The van der Waals surface area contributed by atoms with Crippen LogP contribution < -0.4 is 0 Å². The molecule has 3 aliphatic carbocycles. The lowest BCUT2D eigenvalue weighted by Crippen LogP contribution is -2.45. The molecule has 2 saturated heterocycles. The average molecular weight is 713 g/mol. The Balaban J connectivity index is 0.866. The van der Waals surface area contributed by atoms with Gasteiger partial charge in [-0.2, -0.15) is 0 Å². The van der Waals surface area contributed by atoms with Gasteiger partial charge in [-0.3, -0.25) is 0 Å². The van der Waals surface area contributed by atoms with E-state index in [0.29, 0.717) is 24.4 Å². The van der Waals surface area contributed by atoms with E-state index in [1.807, 2.05) is 0 Å². The van der Waals surface area contributed by atoms with Gasteiger partial charge in [0, 0.05) is 26.4 Å². The van der Waals surface area contributed by atoms with E-state index in [1.165, 1.54) is 89.1 Å². The minimum absolute atomic E-state index is 0.599. The van der Waals surface area contributed by atoms with Gasteiger partial charge in [0.15, 0.2) is 33.3 Å². The zero-order valence-electron chi connectivity index (χ0n) is 31.2. The molecular weight excluding hydrogens is 641 g/mol. The highest BCUT2D eigenvalue weighted by Crippen LogP contribution is 2.43.